The highest BCUT2D eigenvalue weighted by Gasteiger charge is 2.40. The third kappa shape index (κ3) is 4.78. The Labute approximate surface area is 235 Å². The molecular formula is C27H24FN5O6S2. The van der Waals surface area contributed by atoms with Crippen molar-refractivity contribution in [1.29, 1.82) is 0 Å². The van der Waals surface area contributed by atoms with Crippen molar-refractivity contribution in [3.8, 4) is 11.3 Å². The van der Waals surface area contributed by atoms with Crippen molar-refractivity contribution in [2.24, 2.45) is 0 Å². The molecule has 5 rings (SSSR count). The molecule has 2 aromatic heterocycles. The zero-order valence-electron chi connectivity index (χ0n) is 22.1. The first-order valence-electron chi connectivity index (χ1n) is 12.2. The van der Waals surface area contributed by atoms with E-state index in [1.54, 1.807) is 44.2 Å². The topological polar surface area (TPSA) is 154 Å². The molecule has 0 saturated heterocycles. The fourth-order valence-electron chi connectivity index (χ4n) is 4.67. The molecule has 0 fully saturated rings. The second-order valence-corrected chi connectivity index (χ2v) is 14.1. The summed E-state index contributed by atoms with van der Waals surface area (Å²) in [6, 6.07) is 8.07. The normalized spacial score (nSPS) is 17.2. The highest BCUT2D eigenvalue weighted by atomic mass is 32.2. The number of halogens is 1. The Balaban J connectivity index is 1.71. The first-order chi connectivity index (χ1) is 19.2. The monoisotopic (exact) mass is 597 g/mol. The van der Waals surface area contributed by atoms with Crippen LogP contribution in [0.15, 0.2) is 78.0 Å². The van der Waals surface area contributed by atoms with E-state index in [-0.39, 0.29) is 40.2 Å². The molecule has 0 aliphatic heterocycles. The van der Waals surface area contributed by atoms with Gasteiger partial charge in [0.15, 0.2) is 15.7 Å². The van der Waals surface area contributed by atoms with Gasteiger partial charge in [0, 0.05) is 35.7 Å². The number of nitro groups is 1. The van der Waals surface area contributed by atoms with E-state index < -0.39 is 45.9 Å². The number of nitro benzene ring substituents is 1. The number of rotatable bonds is 7. The zero-order valence-corrected chi connectivity index (χ0v) is 23.7. The number of para-hydroxylation sites is 1. The summed E-state index contributed by atoms with van der Waals surface area (Å²) in [5.41, 5.74) is 0.325. The standard InChI is InChI=1S/C27H24FN5O6S2/c1-17-15-29-26(30-20-10-8-12-22(23(20)28)40(3,36)37)31-24(17)19-16-32(25-18(19)9-7-11-21(25)33(34)35)41(38,39)27(2)13-5-4-6-14-27/h4-13,15-16H,14H2,1-3H3,(H,29,30,31). The summed E-state index contributed by atoms with van der Waals surface area (Å²) in [6.45, 7) is 3.22. The van der Waals surface area contributed by atoms with Gasteiger partial charge in [-0.3, -0.25) is 10.1 Å². The lowest BCUT2D eigenvalue weighted by molar-refractivity contribution is -0.383. The Hall–Kier alpha value is -4.43. The van der Waals surface area contributed by atoms with Gasteiger partial charge < -0.3 is 5.32 Å². The molecule has 0 amide bonds. The van der Waals surface area contributed by atoms with Gasteiger partial charge in [0.2, 0.25) is 16.0 Å². The number of sulfone groups is 1. The molecule has 1 aliphatic rings. The molecule has 1 N–H and O–H groups in total. The van der Waals surface area contributed by atoms with Gasteiger partial charge in [-0.15, -0.1) is 0 Å². The van der Waals surface area contributed by atoms with E-state index in [4.69, 9.17) is 0 Å². The van der Waals surface area contributed by atoms with Crippen LogP contribution in [0.25, 0.3) is 22.2 Å². The molecule has 0 spiro atoms. The summed E-state index contributed by atoms with van der Waals surface area (Å²) in [4.78, 5) is 19.5. The molecule has 1 atom stereocenters. The number of nitrogens with zero attached hydrogens (tertiary/aromatic N) is 4. The van der Waals surface area contributed by atoms with Gasteiger partial charge >= 0.3 is 0 Å². The number of nitrogens with one attached hydrogen (secondary N) is 1. The van der Waals surface area contributed by atoms with Crippen molar-refractivity contribution in [1.82, 2.24) is 13.9 Å². The first kappa shape index (κ1) is 28.1. The molecular weight excluding hydrogens is 573 g/mol. The fourth-order valence-corrected chi connectivity index (χ4v) is 7.11. The van der Waals surface area contributed by atoms with E-state index in [2.05, 4.69) is 15.3 Å². The third-order valence-corrected chi connectivity index (χ3v) is 10.3. The molecule has 2 heterocycles. The van der Waals surface area contributed by atoms with Crippen LogP contribution in [-0.4, -0.2) is 46.7 Å². The summed E-state index contributed by atoms with van der Waals surface area (Å²) < 4.78 is 66.5. The quantitative estimate of drug-likeness (QED) is 0.228. The van der Waals surface area contributed by atoms with Crippen molar-refractivity contribution >= 4 is 48.1 Å². The first-order valence-corrected chi connectivity index (χ1v) is 15.6. The number of anilines is 2. The van der Waals surface area contributed by atoms with Gasteiger partial charge in [0.25, 0.3) is 5.69 Å². The van der Waals surface area contributed by atoms with Crippen LogP contribution >= 0.6 is 0 Å². The highest BCUT2D eigenvalue weighted by molar-refractivity contribution is 7.91. The summed E-state index contributed by atoms with van der Waals surface area (Å²) in [5, 5.41) is 15.0. The molecule has 212 valence electrons. The maximum Gasteiger partial charge on any atom is 0.294 e. The predicted octanol–water partition coefficient (Wildman–Crippen LogP) is 5.05. The van der Waals surface area contributed by atoms with E-state index in [0.29, 0.717) is 5.56 Å². The van der Waals surface area contributed by atoms with Gasteiger partial charge in [0.05, 0.1) is 16.3 Å². The fraction of sp³-hybridized carbons (Fsp3) is 0.185. The highest BCUT2D eigenvalue weighted by Crippen LogP contribution is 2.40. The number of fused-ring (bicyclic) bond motifs is 1. The summed E-state index contributed by atoms with van der Waals surface area (Å²) in [7, 11) is -8.07. The smallest absolute Gasteiger partial charge is 0.294 e. The molecule has 41 heavy (non-hydrogen) atoms. The van der Waals surface area contributed by atoms with Crippen LogP contribution in [0.4, 0.5) is 21.7 Å². The summed E-state index contributed by atoms with van der Waals surface area (Å²) in [6.07, 6.45) is 10.4. The van der Waals surface area contributed by atoms with Gasteiger partial charge in [-0.05, 0) is 38.0 Å². The van der Waals surface area contributed by atoms with E-state index in [1.807, 2.05) is 0 Å². The van der Waals surface area contributed by atoms with Crippen LogP contribution in [-0.2, 0) is 19.9 Å². The minimum absolute atomic E-state index is 0.100. The minimum atomic E-state index is -4.22. The van der Waals surface area contributed by atoms with Crippen LogP contribution in [0, 0.1) is 22.9 Å². The molecule has 2 aromatic carbocycles. The van der Waals surface area contributed by atoms with Gasteiger partial charge in [0.1, 0.15) is 15.2 Å². The van der Waals surface area contributed by atoms with Crippen LogP contribution in [0.5, 0.6) is 0 Å². The number of allylic oxidation sites excluding steroid dienone is 3. The SMILES string of the molecule is Cc1cnc(Nc2cccc(S(C)(=O)=O)c2F)nc1-c1cn(S(=O)(=O)C2(C)C=CC=CC2)c2c([N+](=O)[O-])cccc12. The van der Waals surface area contributed by atoms with Crippen LogP contribution in [0.3, 0.4) is 0 Å². The zero-order chi connectivity index (χ0) is 29.7. The lowest BCUT2D eigenvalue weighted by atomic mass is 10.0. The number of benzene rings is 2. The second kappa shape index (κ2) is 9.89. The van der Waals surface area contributed by atoms with Crippen molar-refractivity contribution in [2.45, 2.75) is 29.9 Å². The molecule has 0 bridgehead atoms. The van der Waals surface area contributed by atoms with Crippen LogP contribution in [0.1, 0.15) is 18.9 Å². The minimum Gasteiger partial charge on any atom is -0.322 e. The molecule has 11 nitrogen and oxygen atoms in total. The maximum absolute atomic E-state index is 15.0. The van der Waals surface area contributed by atoms with Crippen LogP contribution in [0.2, 0.25) is 0 Å². The number of aromatic nitrogens is 3. The molecule has 1 unspecified atom stereocenters. The largest absolute Gasteiger partial charge is 0.322 e. The average molecular weight is 598 g/mol. The number of hydrogen-bond acceptors (Lipinski definition) is 9. The summed E-state index contributed by atoms with van der Waals surface area (Å²) in [5.74, 6) is -1.11. The molecule has 4 aromatic rings. The van der Waals surface area contributed by atoms with Gasteiger partial charge in [-0.2, -0.15) is 0 Å². The van der Waals surface area contributed by atoms with Crippen molar-refractivity contribution in [2.75, 3.05) is 11.6 Å². The molecule has 1 aliphatic carbocycles. The molecule has 0 radical (unpaired) electrons. The number of aryl methyl sites for hydroxylation is 1. The Morgan fingerprint density at radius 3 is 2.51 bits per heavy atom. The third-order valence-electron chi connectivity index (χ3n) is 6.87. The average Bonchev–Trinajstić information content (AvgIpc) is 3.31. The van der Waals surface area contributed by atoms with E-state index in [0.717, 1.165) is 16.3 Å². The second-order valence-electron chi connectivity index (χ2n) is 9.82. The Morgan fingerprint density at radius 2 is 1.85 bits per heavy atom. The number of hydrogen-bond donors (Lipinski definition) is 1. The number of non-ortho nitro benzene ring substituents is 1. The Morgan fingerprint density at radius 1 is 1.12 bits per heavy atom. The van der Waals surface area contributed by atoms with E-state index in [9.17, 15) is 31.3 Å². The van der Waals surface area contributed by atoms with E-state index in [1.165, 1.54) is 36.7 Å². The van der Waals surface area contributed by atoms with Gasteiger partial charge in [-0.1, -0.05) is 42.5 Å². The van der Waals surface area contributed by atoms with Crippen molar-refractivity contribution < 1.29 is 26.1 Å². The molecule has 0 saturated carbocycles. The van der Waals surface area contributed by atoms with Gasteiger partial charge in [-0.25, -0.2) is 35.2 Å². The lowest BCUT2D eigenvalue weighted by Gasteiger charge is -2.27. The summed E-state index contributed by atoms with van der Waals surface area (Å²) >= 11 is 0. The van der Waals surface area contributed by atoms with Crippen LogP contribution < -0.4 is 5.32 Å². The Bertz CT molecular complexity index is 2020. The van der Waals surface area contributed by atoms with E-state index >= 15 is 0 Å². The maximum atomic E-state index is 15.0. The lowest BCUT2D eigenvalue weighted by Crippen LogP contribution is -2.37. The Kier molecular flexibility index (Phi) is 6.78. The van der Waals surface area contributed by atoms with Crippen molar-refractivity contribution in [3.63, 3.8) is 0 Å². The van der Waals surface area contributed by atoms with Crippen molar-refractivity contribution in [3.05, 3.63) is 94.6 Å². The molecule has 14 heteroatoms. The predicted molar refractivity (Wildman–Crippen MR) is 153 cm³/mol.